The van der Waals surface area contributed by atoms with E-state index in [1.165, 1.54) is 44.9 Å². The van der Waals surface area contributed by atoms with Crippen molar-refractivity contribution in [1.82, 2.24) is 0 Å². The largest absolute Gasteiger partial charge is 0.103 e. The second-order valence-corrected chi connectivity index (χ2v) is 2.85. The number of allylic oxidation sites excluding steroid dienone is 1. The van der Waals surface area contributed by atoms with Crippen molar-refractivity contribution in [3.05, 3.63) is 12.7 Å². The molecule has 0 fully saturated rings. The fraction of sp³-hybridized carbons (Fsp3) is 0.800. The van der Waals surface area contributed by atoms with Crippen LogP contribution in [0.3, 0.4) is 0 Å². The van der Waals surface area contributed by atoms with Crippen LogP contribution in [0.25, 0.3) is 0 Å². The van der Waals surface area contributed by atoms with E-state index >= 15 is 0 Å². The second-order valence-electron chi connectivity index (χ2n) is 2.85. The number of hydrogen-bond acceptors (Lipinski definition) is 0. The van der Waals surface area contributed by atoms with Crippen molar-refractivity contribution in [2.24, 2.45) is 0 Å². The second kappa shape index (κ2) is 13.3. The Morgan fingerprint density at radius 1 is 1.00 bits per heavy atom. The Kier molecular flexibility index (Phi) is 17.3. The molecular weight excluding hydrogens is 143 g/mol. The van der Waals surface area contributed by atoms with Gasteiger partial charge in [-0.25, -0.2) is 0 Å². The van der Waals surface area contributed by atoms with Crippen LogP contribution in [0.2, 0.25) is 0 Å². The zero-order valence-corrected chi connectivity index (χ0v) is 10.2. The monoisotopic (exact) mass is 163 g/mol. The van der Waals surface area contributed by atoms with E-state index in [1.54, 1.807) is 0 Å². The molecule has 0 aromatic heterocycles. The Labute approximate surface area is 93.7 Å². The van der Waals surface area contributed by atoms with Crippen molar-refractivity contribution in [2.75, 3.05) is 0 Å². The molecule has 0 rings (SSSR count). The Morgan fingerprint density at radius 2 is 1.55 bits per heavy atom. The van der Waals surface area contributed by atoms with Gasteiger partial charge in [-0.3, -0.25) is 0 Å². The van der Waals surface area contributed by atoms with Crippen molar-refractivity contribution in [1.29, 1.82) is 0 Å². The first-order valence-electron chi connectivity index (χ1n) is 4.52. The quantitative estimate of drug-likeness (QED) is 0.306. The molecule has 11 heavy (non-hydrogen) atoms. The van der Waals surface area contributed by atoms with Gasteiger partial charge in [-0.05, 0) is 12.8 Å². The molecule has 1 radical (unpaired) electrons. The van der Waals surface area contributed by atoms with Crippen LogP contribution in [0.4, 0.5) is 0 Å². The van der Waals surface area contributed by atoms with E-state index in [2.05, 4.69) is 13.5 Å². The molecule has 0 saturated carbocycles. The van der Waals surface area contributed by atoms with E-state index in [1.807, 2.05) is 6.08 Å². The van der Waals surface area contributed by atoms with Gasteiger partial charge in [-0.15, -0.1) is 6.58 Å². The average Bonchev–Trinajstić information content (AvgIpc) is 1.97. The normalized spacial score (nSPS) is 8.82. The molecular formula is C10H20Na. The van der Waals surface area contributed by atoms with Crippen LogP contribution in [-0.4, -0.2) is 29.6 Å². The van der Waals surface area contributed by atoms with E-state index < -0.39 is 0 Å². The summed E-state index contributed by atoms with van der Waals surface area (Å²) in [6.45, 7) is 5.95. The molecule has 0 aliphatic heterocycles. The van der Waals surface area contributed by atoms with Crippen LogP contribution in [-0.2, 0) is 0 Å². The maximum Gasteiger partial charge on any atom is 0 e. The summed E-state index contributed by atoms with van der Waals surface area (Å²) in [4.78, 5) is 0. The molecule has 0 unspecified atom stereocenters. The zero-order chi connectivity index (χ0) is 7.66. The predicted octanol–water partition coefficient (Wildman–Crippen LogP) is 3.54. The van der Waals surface area contributed by atoms with Gasteiger partial charge in [0.05, 0.1) is 0 Å². The molecule has 0 aliphatic rings. The Balaban J connectivity index is 0. The molecule has 0 amide bonds. The first-order chi connectivity index (χ1) is 4.91. The smallest absolute Gasteiger partial charge is 0 e. The average molecular weight is 163 g/mol. The Hall–Kier alpha value is 0.740. The van der Waals surface area contributed by atoms with E-state index in [9.17, 15) is 0 Å². The summed E-state index contributed by atoms with van der Waals surface area (Å²) < 4.78 is 0. The molecule has 0 nitrogen and oxygen atoms in total. The molecule has 0 aromatic carbocycles. The van der Waals surface area contributed by atoms with Crippen molar-refractivity contribution in [3.8, 4) is 0 Å². The number of rotatable bonds is 7. The van der Waals surface area contributed by atoms with Crippen LogP contribution in [0.1, 0.15) is 51.9 Å². The molecule has 1 heteroatoms. The van der Waals surface area contributed by atoms with Gasteiger partial charge in [0, 0.05) is 29.6 Å². The third-order valence-electron chi connectivity index (χ3n) is 1.76. The van der Waals surface area contributed by atoms with Gasteiger partial charge in [0.15, 0.2) is 0 Å². The molecule has 61 valence electrons. The van der Waals surface area contributed by atoms with Gasteiger partial charge in [0.1, 0.15) is 0 Å². The number of unbranched alkanes of at least 4 members (excludes halogenated alkanes) is 6. The predicted molar refractivity (Wildman–Crippen MR) is 53.9 cm³/mol. The molecule has 0 heterocycles. The minimum absolute atomic E-state index is 0. The van der Waals surface area contributed by atoms with Gasteiger partial charge >= 0.3 is 0 Å². The first-order valence-corrected chi connectivity index (χ1v) is 4.52. The summed E-state index contributed by atoms with van der Waals surface area (Å²) in [6, 6.07) is 0. The summed E-state index contributed by atoms with van der Waals surface area (Å²) in [7, 11) is 0. The third-order valence-corrected chi connectivity index (χ3v) is 1.76. The van der Waals surface area contributed by atoms with E-state index in [0.717, 1.165) is 0 Å². The molecule has 0 N–H and O–H groups in total. The maximum absolute atomic E-state index is 3.69. The summed E-state index contributed by atoms with van der Waals surface area (Å²) in [6.07, 6.45) is 11.6. The maximum atomic E-state index is 3.69. The van der Waals surface area contributed by atoms with E-state index in [-0.39, 0.29) is 29.6 Å². The standard InChI is InChI=1S/C10H20.Na/c1-3-5-7-9-10-8-6-4-2;/h3H,1,4-10H2,2H3;. The molecule has 0 saturated heterocycles. The van der Waals surface area contributed by atoms with Crippen LogP contribution < -0.4 is 0 Å². The summed E-state index contributed by atoms with van der Waals surface area (Å²) >= 11 is 0. The molecule has 0 aromatic rings. The minimum Gasteiger partial charge on any atom is -0.103 e. The van der Waals surface area contributed by atoms with Gasteiger partial charge in [0.25, 0.3) is 0 Å². The van der Waals surface area contributed by atoms with Gasteiger partial charge in [-0.1, -0.05) is 45.1 Å². The van der Waals surface area contributed by atoms with Gasteiger partial charge < -0.3 is 0 Å². The van der Waals surface area contributed by atoms with Crippen LogP contribution in [0.15, 0.2) is 12.7 Å². The molecule has 0 spiro atoms. The van der Waals surface area contributed by atoms with Crippen molar-refractivity contribution >= 4 is 29.6 Å². The van der Waals surface area contributed by atoms with Crippen LogP contribution in [0, 0.1) is 0 Å². The van der Waals surface area contributed by atoms with Crippen molar-refractivity contribution in [3.63, 3.8) is 0 Å². The third kappa shape index (κ3) is 13.7. The minimum atomic E-state index is 0. The molecule has 0 bridgehead atoms. The summed E-state index contributed by atoms with van der Waals surface area (Å²) in [5, 5.41) is 0. The number of hydrogen-bond donors (Lipinski definition) is 0. The van der Waals surface area contributed by atoms with Crippen LogP contribution in [0.5, 0.6) is 0 Å². The van der Waals surface area contributed by atoms with E-state index in [4.69, 9.17) is 0 Å². The fourth-order valence-electron chi connectivity index (χ4n) is 1.07. The van der Waals surface area contributed by atoms with Crippen molar-refractivity contribution in [2.45, 2.75) is 51.9 Å². The zero-order valence-electron chi connectivity index (χ0n) is 8.23. The summed E-state index contributed by atoms with van der Waals surface area (Å²) in [5.41, 5.74) is 0. The van der Waals surface area contributed by atoms with E-state index in [0.29, 0.717) is 0 Å². The Bertz CT molecular complexity index is 69.3. The SMILES string of the molecule is C=CCCCCCCCC.[Na]. The topological polar surface area (TPSA) is 0 Å². The fourth-order valence-corrected chi connectivity index (χ4v) is 1.07. The van der Waals surface area contributed by atoms with Crippen molar-refractivity contribution < 1.29 is 0 Å². The first kappa shape index (κ1) is 14.3. The summed E-state index contributed by atoms with van der Waals surface area (Å²) in [5.74, 6) is 0. The van der Waals surface area contributed by atoms with Gasteiger partial charge in [-0.2, -0.15) is 0 Å². The Morgan fingerprint density at radius 3 is 2.09 bits per heavy atom. The van der Waals surface area contributed by atoms with Gasteiger partial charge in [0.2, 0.25) is 0 Å². The van der Waals surface area contributed by atoms with Crippen LogP contribution >= 0.6 is 0 Å². The molecule has 0 atom stereocenters. The molecule has 0 aliphatic carbocycles.